The third-order valence-corrected chi connectivity index (χ3v) is 6.70. The number of nitrogens with two attached hydrogens (primary N) is 1. The van der Waals surface area contributed by atoms with Crippen LogP contribution in [0.1, 0.15) is 41.9 Å². The number of carbonyl (C=O) groups is 2. The molecule has 0 unspecified atom stereocenters. The second-order valence-corrected chi connectivity index (χ2v) is 9.86. The van der Waals surface area contributed by atoms with Gasteiger partial charge in [-0.3, -0.25) is 4.79 Å². The Bertz CT molecular complexity index is 1300. The van der Waals surface area contributed by atoms with E-state index in [4.69, 9.17) is 9.88 Å². The van der Waals surface area contributed by atoms with E-state index in [-0.39, 0.29) is 4.90 Å². The van der Waals surface area contributed by atoms with Gasteiger partial charge in [0.1, 0.15) is 0 Å². The minimum Gasteiger partial charge on any atom is -0.449 e. The van der Waals surface area contributed by atoms with E-state index >= 15 is 0 Å². The summed E-state index contributed by atoms with van der Waals surface area (Å²) in [5.74, 6) is -0.520. The lowest BCUT2D eigenvalue weighted by Crippen LogP contribution is -2.30. The highest BCUT2D eigenvalue weighted by Gasteiger charge is 2.23. The highest BCUT2D eigenvalue weighted by Crippen LogP contribution is 2.32. The summed E-state index contributed by atoms with van der Waals surface area (Å²) in [5, 5.41) is 8.68. The molecule has 4 rings (SSSR count). The van der Waals surface area contributed by atoms with Crippen molar-refractivity contribution in [3.63, 3.8) is 0 Å². The fraction of sp³-hybridized carbons (Fsp3) is 0.304. The largest absolute Gasteiger partial charge is 0.449 e. The van der Waals surface area contributed by atoms with E-state index in [9.17, 15) is 18.0 Å². The molecule has 1 amide bonds. The average molecular weight is 456 g/mol. The summed E-state index contributed by atoms with van der Waals surface area (Å²) in [5.41, 5.74) is 4.22. The minimum atomic E-state index is -3.82. The molecule has 9 heteroatoms. The SMILES string of the molecule is C[C@H]1CCc2[nH]c3ccc(C(=O)O[C@@H](C)C(=O)Nc4ccc(S(N)(=O)=O)cc4)cc3c2C1. The van der Waals surface area contributed by atoms with E-state index < -0.39 is 28.0 Å². The lowest BCUT2D eigenvalue weighted by molar-refractivity contribution is -0.123. The van der Waals surface area contributed by atoms with Gasteiger partial charge in [0.25, 0.3) is 5.91 Å². The van der Waals surface area contributed by atoms with E-state index in [0.717, 1.165) is 30.2 Å². The van der Waals surface area contributed by atoms with Gasteiger partial charge in [-0.2, -0.15) is 0 Å². The molecule has 1 aliphatic carbocycles. The lowest BCUT2D eigenvalue weighted by atomic mass is 9.87. The lowest BCUT2D eigenvalue weighted by Gasteiger charge is -2.18. The van der Waals surface area contributed by atoms with Crippen LogP contribution in [0.5, 0.6) is 0 Å². The Hall–Kier alpha value is -3.17. The van der Waals surface area contributed by atoms with Crippen molar-refractivity contribution < 1.29 is 22.7 Å². The smallest absolute Gasteiger partial charge is 0.338 e. The molecule has 2 aromatic carbocycles. The van der Waals surface area contributed by atoms with Crippen LogP contribution in [0, 0.1) is 5.92 Å². The van der Waals surface area contributed by atoms with Crippen molar-refractivity contribution in [3.8, 4) is 0 Å². The number of esters is 1. The van der Waals surface area contributed by atoms with Gasteiger partial charge in [0.05, 0.1) is 10.5 Å². The molecule has 3 aromatic rings. The Kier molecular flexibility index (Phi) is 5.79. The van der Waals surface area contributed by atoms with E-state index in [0.29, 0.717) is 17.2 Å². The number of aryl methyl sites for hydroxylation is 1. The topological polar surface area (TPSA) is 131 Å². The maximum atomic E-state index is 12.7. The van der Waals surface area contributed by atoms with Gasteiger partial charge in [0.2, 0.25) is 10.0 Å². The van der Waals surface area contributed by atoms with Crippen molar-refractivity contribution in [2.24, 2.45) is 11.1 Å². The number of anilines is 1. The van der Waals surface area contributed by atoms with Crippen LogP contribution < -0.4 is 10.5 Å². The number of benzene rings is 2. The van der Waals surface area contributed by atoms with Crippen LogP contribution in [-0.2, 0) is 32.4 Å². The van der Waals surface area contributed by atoms with Crippen LogP contribution in [0.3, 0.4) is 0 Å². The van der Waals surface area contributed by atoms with E-state index in [1.165, 1.54) is 42.4 Å². The summed E-state index contributed by atoms with van der Waals surface area (Å²) >= 11 is 0. The number of hydrogen-bond donors (Lipinski definition) is 3. The molecular weight excluding hydrogens is 430 g/mol. The van der Waals surface area contributed by atoms with Crippen molar-refractivity contribution in [2.45, 2.75) is 44.1 Å². The number of carbonyl (C=O) groups excluding carboxylic acids is 2. The van der Waals surface area contributed by atoms with Crippen LogP contribution in [0.2, 0.25) is 0 Å². The molecule has 0 saturated heterocycles. The van der Waals surface area contributed by atoms with Crippen LogP contribution in [0.4, 0.5) is 5.69 Å². The van der Waals surface area contributed by atoms with Gasteiger partial charge in [-0.1, -0.05) is 6.92 Å². The van der Waals surface area contributed by atoms with Crippen LogP contribution in [0.25, 0.3) is 10.9 Å². The van der Waals surface area contributed by atoms with Crippen molar-refractivity contribution in [1.82, 2.24) is 4.98 Å². The Morgan fingerprint density at radius 3 is 2.59 bits per heavy atom. The number of sulfonamides is 1. The van der Waals surface area contributed by atoms with Gasteiger partial charge in [-0.05, 0) is 80.1 Å². The van der Waals surface area contributed by atoms with E-state index in [1.54, 1.807) is 6.07 Å². The monoisotopic (exact) mass is 455 g/mol. The zero-order valence-electron chi connectivity index (χ0n) is 17.8. The number of ether oxygens (including phenoxy) is 1. The fourth-order valence-electron chi connectivity index (χ4n) is 3.97. The summed E-state index contributed by atoms with van der Waals surface area (Å²) in [7, 11) is -3.82. The van der Waals surface area contributed by atoms with Gasteiger partial charge >= 0.3 is 5.97 Å². The molecule has 1 heterocycles. The molecule has 8 nitrogen and oxygen atoms in total. The summed E-state index contributed by atoms with van der Waals surface area (Å²) in [6, 6.07) is 10.8. The quantitative estimate of drug-likeness (QED) is 0.509. The Balaban J connectivity index is 1.44. The normalized spacial score (nSPS) is 16.9. The zero-order valence-corrected chi connectivity index (χ0v) is 18.7. The number of primary sulfonamides is 1. The van der Waals surface area contributed by atoms with Gasteiger partial charge in [0, 0.05) is 22.3 Å². The third-order valence-electron chi connectivity index (χ3n) is 5.77. The predicted octanol–water partition coefficient (Wildman–Crippen LogP) is 3.12. The van der Waals surface area contributed by atoms with Gasteiger partial charge in [-0.25, -0.2) is 18.4 Å². The number of aromatic amines is 1. The van der Waals surface area contributed by atoms with Crippen LogP contribution in [0.15, 0.2) is 47.4 Å². The van der Waals surface area contributed by atoms with Crippen LogP contribution in [-0.4, -0.2) is 31.4 Å². The maximum absolute atomic E-state index is 12.7. The summed E-state index contributed by atoms with van der Waals surface area (Å²) in [6.45, 7) is 3.70. The molecule has 0 aliphatic heterocycles. The summed E-state index contributed by atoms with van der Waals surface area (Å²) in [6.07, 6.45) is 2.07. The second kappa shape index (κ2) is 8.40. The molecule has 4 N–H and O–H groups in total. The molecule has 0 spiro atoms. The van der Waals surface area contributed by atoms with Crippen molar-refractivity contribution in [2.75, 3.05) is 5.32 Å². The highest BCUT2D eigenvalue weighted by molar-refractivity contribution is 7.89. The molecule has 0 saturated carbocycles. The molecule has 0 radical (unpaired) electrons. The fourth-order valence-corrected chi connectivity index (χ4v) is 4.49. The van der Waals surface area contributed by atoms with E-state index in [1.807, 2.05) is 12.1 Å². The molecule has 2 atom stereocenters. The Morgan fingerprint density at radius 2 is 1.91 bits per heavy atom. The first-order valence-electron chi connectivity index (χ1n) is 10.4. The average Bonchev–Trinajstić information content (AvgIpc) is 3.10. The van der Waals surface area contributed by atoms with Gasteiger partial charge in [0.15, 0.2) is 6.10 Å². The van der Waals surface area contributed by atoms with Crippen molar-refractivity contribution in [3.05, 3.63) is 59.3 Å². The van der Waals surface area contributed by atoms with Crippen molar-refractivity contribution >= 4 is 38.5 Å². The predicted molar refractivity (Wildman–Crippen MR) is 121 cm³/mol. The molecule has 1 aromatic heterocycles. The first kappa shape index (κ1) is 22.0. The Labute approximate surface area is 186 Å². The third kappa shape index (κ3) is 4.53. The number of nitrogens with one attached hydrogen (secondary N) is 2. The number of H-pyrrole nitrogens is 1. The molecule has 32 heavy (non-hydrogen) atoms. The number of hydrogen-bond acceptors (Lipinski definition) is 5. The number of rotatable bonds is 5. The molecule has 0 fully saturated rings. The second-order valence-electron chi connectivity index (χ2n) is 8.30. The standard InChI is InChI=1S/C23H25N3O5S/c1-13-3-9-20-18(11-13)19-12-15(4-10-21(19)26-20)23(28)31-14(2)22(27)25-16-5-7-17(8-6-16)32(24,29)30/h4-8,10,12-14,26H,3,9,11H2,1-2H3,(H,25,27)(H2,24,29,30)/t13-,14-/m0/s1. The molecular formula is C23H25N3O5S. The minimum absolute atomic E-state index is 0.0632. The molecule has 0 bridgehead atoms. The number of aromatic nitrogens is 1. The zero-order chi connectivity index (χ0) is 23.0. The van der Waals surface area contributed by atoms with E-state index in [2.05, 4.69) is 17.2 Å². The number of fused-ring (bicyclic) bond motifs is 3. The maximum Gasteiger partial charge on any atom is 0.338 e. The highest BCUT2D eigenvalue weighted by atomic mass is 32.2. The first-order chi connectivity index (χ1) is 15.1. The molecule has 168 valence electrons. The summed E-state index contributed by atoms with van der Waals surface area (Å²) < 4.78 is 28.0. The van der Waals surface area contributed by atoms with Crippen LogP contribution >= 0.6 is 0 Å². The van der Waals surface area contributed by atoms with Gasteiger partial charge < -0.3 is 15.0 Å². The number of amides is 1. The van der Waals surface area contributed by atoms with Crippen molar-refractivity contribution in [1.29, 1.82) is 0 Å². The van der Waals surface area contributed by atoms with Gasteiger partial charge in [-0.15, -0.1) is 0 Å². The Morgan fingerprint density at radius 1 is 1.19 bits per heavy atom. The molecule has 1 aliphatic rings. The first-order valence-corrected chi connectivity index (χ1v) is 11.9. The summed E-state index contributed by atoms with van der Waals surface area (Å²) in [4.78, 5) is 28.5.